The molecule has 0 aliphatic rings. The molecule has 0 atom stereocenters. The van der Waals surface area contributed by atoms with Crippen LogP contribution in [0.4, 0.5) is 0 Å². The Morgan fingerprint density at radius 2 is 1.63 bits per heavy atom. The molecule has 1 nitrogen and oxygen atoms in total. The Balaban J connectivity index is 2.07. The van der Waals surface area contributed by atoms with E-state index in [1.165, 1.54) is 32.1 Å². The van der Waals surface area contributed by atoms with Crippen LogP contribution in [0.5, 0.6) is 0 Å². The van der Waals surface area contributed by atoms with Gasteiger partial charge in [0.05, 0.1) is 0 Å². The van der Waals surface area contributed by atoms with Crippen LogP contribution in [0.25, 0.3) is 10.8 Å². The van der Waals surface area contributed by atoms with Gasteiger partial charge < -0.3 is 0 Å². The van der Waals surface area contributed by atoms with Crippen molar-refractivity contribution in [3.63, 3.8) is 0 Å². The zero-order chi connectivity index (χ0) is 18.7. The van der Waals surface area contributed by atoms with Gasteiger partial charge in [-0.3, -0.25) is 4.98 Å². The van der Waals surface area contributed by atoms with Gasteiger partial charge in [0, 0.05) is 22.0 Å². The van der Waals surface area contributed by atoms with Crippen molar-refractivity contribution in [3.05, 3.63) is 105 Å². The lowest BCUT2D eigenvalue weighted by Crippen LogP contribution is -2.45. The molecule has 4 heteroatoms. The Labute approximate surface area is 169 Å². The molecule has 0 amide bonds. The second kappa shape index (κ2) is 7.77. The predicted molar refractivity (Wildman–Crippen MR) is 122 cm³/mol. The second-order valence-corrected chi connectivity index (χ2v) is 12.9. The fourth-order valence-electron chi connectivity index (χ4n) is 3.52. The minimum Gasteiger partial charge on any atom is -0.266 e. The third-order valence-corrected chi connectivity index (χ3v) is 9.76. The molecule has 4 rings (SSSR count). The maximum Gasteiger partial charge on any atom is 0.137 e. The van der Waals surface area contributed by atoms with E-state index in [4.69, 9.17) is 4.98 Å². The average molecular weight is 404 g/mol. The highest BCUT2D eigenvalue weighted by atomic mass is 32.1. The Kier molecular flexibility index (Phi) is 5.21. The van der Waals surface area contributed by atoms with Crippen LogP contribution < -0.4 is 5.32 Å². The zero-order valence-corrected chi connectivity index (χ0v) is 18.1. The minimum absolute atomic E-state index is 1.22. The van der Waals surface area contributed by atoms with Crippen molar-refractivity contribution in [1.82, 2.24) is 4.98 Å². The number of rotatable bonds is 5. The summed E-state index contributed by atoms with van der Waals surface area (Å²) in [5, 5.41) is 9.26. The van der Waals surface area contributed by atoms with Gasteiger partial charge in [0.25, 0.3) is 0 Å². The van der Waals surface area contributed by atoms with Crippen molar-refractivity contribution in [3.8, 4) is 0 Å². The van der Waals surface area contributed by atoms with Crippen molar-refractivity contribution < 1.29 is 0 Å². The lowest BCUT2D eigenvalue weighted by molar-refractivity contribution is 1.37. The smallest absolute Gasteiger partial charge is 0.137 e. The molecular weight excluding hydrogens is 382 g/mol. The van der Waals surface area contributed by atoms with E-state index in [0.29, 0.717) is 0 Å². The molecule has 134 valence electrons. The van der Waals surface area contributed by atoms with Crippen LogP contribution in [0, 0.1) is 0 Å². The number of aromatic nitrogens is 1. The minimum atomic E-state index is -2.05. The molecule has 0 saturated carbocycles. The highest BCUT2D eigenvalue weighted by Crippen LogP contribution is 2.39. The van der Waals surface area contributed by atoms with E-state index >= 15 is 0 Å². The molecule has 0 unspecified atom stereocenters. The Morgan fingerprint density at radius 3 is 2.26 bits per heavy atom. The molecule has 0 saturated heterocycles. The van der Waals surface area contributed by atoms with Crippen LogP contribution in [0.2, 0.25) is 13.1 Å². The van der Waals surface area contributed by atoms with Gasteiger partial charge in [-0.2, -0.15) is 11.3 Å². The second-order valence-electron chi connectivity index (χ2n) is 6.95. The first kappa shape index (κ1) is 18.1. The molecular formula is C23H21NS2Si. The van der Waals surface area contributed by atoms with E-state index in [0.717, 1.165) is 0 Å². The molecule has 0 aliphatic heterocycles. The van der Waals surface area contributed by atoms with Gasteiger partial charge >= 0.3 is 0 Å². The zero-order valence-electron chi connectivity index (χ0n) is 15.4. The van der Waals surface area contributed by atoms with Crippen molar-refractivity contribution >= 4 is 46.8 Å². The normalized spacial score (nSPS) is 12.7. The maximum atomic E-state index is 4.78. The van der Waals surface area contributed by atoms with Crippen molar-refractivity contribution in [2.24, 2.45) is 0 Å². The van der Waals surface area contributed by atoms with Gasteiger partial charge in [0.15, 0.2) is 0 Å². The Morgan fingerprint density at radius 1 is 0.815 bits per heavy atom. The molecule has 0 radical (unpaired) electrons. The summed E-state index contributed by atoms with van der Waals surface area (Å²) in [4.78, 5) is 6.10. The molecule has 0 spiro atoms. The van der Waals surface area contributed by atoms with Gasteiger partial charge in [0.1, 0.15) is 8.07 Å². The van der Waals surface area contributed by atoms with Gasteiger partial charge in [-0.05, 0) is 56.7 Å². The fourth-order valence-corrected chi connectivity index (χ4v) is 8.02. The summed E-state index contributed by atoms with van der Waals surface area (Å²) in [6.45, 7) is 4.83. The summed E-state index contributed by atoms with van der Waals surface area (Å²) < 4.78 is 0. The van der Waals surface area contributed by atoms with Crippen LogP contribution in [0.15, 0.2) is 89.1 Å². The van der Waals surface area contributed by atoms with Crippen LogP contribution >= 0.6 is 22.7 Å². The first-order valence-corrected chi connectivity index (χ1v) is 13.8. The molecule has 1 aromatic carbocycles. The number of benzene rings is 1. The molecule has 0 N–H and O–H groups in total. The van der Waals surface area contributed by atoms with E-state index in [9.17, 15) is 0 Å². The van der Waals surface area contributed by atoms with E-state index in [1.54, 1.807) is 11.3 Å². The molecule has 4 aromatic rings. The third-order valence-electron chi connectivity index (χ3n) is 4.82. The van der Waals surface area contributed by atoms with E-state index < -0.39 is 8.07 Å². The maximum absolute atomic E-state index is 4.78. The highest BCUT2D eigenvalue weighted by Gasteiger charge is 2.34. The Hall–Kier alpha value is -2.27. The van der Waals surface area contributed by atoms with Crippen LogP contribution in [0.1, 0.15) is 16.0 Å². The Bertz CT molecular complexity index is 982. The first-order chi connectivity index (χ1) is 13.2. The van der Waals surface area contributed by atoms with E-state index in [2.05, 4.69) is 89.9 Å². The summed E-state index contributed by atoms with van der Waals surface area (Å²) >= 11 is 3.57. The number of nitrogens with zero attached hydrogens (tertiary/aromatic N) is 1. The van der Waals surface area contributed by atoms with Crippen LogP contribution in [-0.2, 0) is 0 Å². The average Bonchev–Trinajstić information content (AvgIpc) is 3.41. The lowest BCUT2D eigenvalue weighted by atomic mass is 10.0. The SMILES string of the molecule is C[Si](C)(/C(=C(\c1ccsc1)c1cccs1)c1ccccc1)c1ccccn1. The summed E-state index contributed by atoms with van der Waals surface area (Å²) in [7, 11) is -2.05. The van der Waals surface area contributed by atoms with Crippen LogP contribution in [0.3, 0.4) is 0 Å². The molecule has 27 heavy (non-hydrogen) atoms. The van der Waals surface area contributed by atoms with Gasteiger partial charge in [0.2, 0.25) is 0 Å². The van der Waals surface area contributed by atoms with Crippen LogP contribution in [-0.4, -0.2) is 13.1 Å². The van der Waals surface area contributed by atoms with Crippen molar-refractivity contribution in [1.29, 1.82) is 0 Å². The fraction of sp³-hybridized carbons (Fsp3) is 0.0870. The molecule has 0 bridgehead atoms. The number of hydrogen-bond acceptors (Lipinski definition) is 3. The van der Waals surface area contributed by atoms with Crippen molar-refractivity contribution in [2.75, 3.05) is 0 Å². The monoisotopic (exact) mass is 403 g/mol. The van der Waals surface area contributed by atoms with E-state index in [-0.39, 0.29) is 0 Å². The third kappa shape index (κ3) is 3.61. The topological polar surface area (TPSA) is 12.9 Å². The molecule has 3 aromatic heterocycles. The summed E-state index contributed by atoms with van der Waals surface area (Å²) in [6.07, 6.45) is 1.92. The highest BCUT2D eigenvalue weighted by molar-refractivity contribution is 7.12. The predicted octanol–water partition coefficient (Wildman–Crippen LogP) is 6.32. The number of hydrogen-bond donors (Lipinski definition) is 0. The van der Waals surface area contributed by atoms with Crippen molar-refractivity contribution in [2.45, 2.75) is 13.1 Å². The molecule has 0 aliphatic carbocycles. The molecule has 0 fully saturated rings. The summed E-state index contributed by atoms with van der Waals surface area (Å²) in [6, 6.07) is 23.8. The van der Waals surface area contributed by atoms with E-state index in [1.807, 2.05) is 23.6 Å². The van der Waals surface area contributed by atoms with Gasteiger partial charge in [-0.15, -0.1) is 11.3 Å². The standard InChI is InChI=1S/C23H21NS2Si/c1-27(2,21-12-6-7-14-24-21)23(18-9-4-3-5-10-18)22(19-13-16-25-17-19)20-11-8-15-26-20/h3-17H,1-2H3/b23-22+. The number of thiophene rings is 2. The quantitative estimate of drug-likeness (QED) is 0.355. The lowest BCUT2D eigenvalue weighted by Gasteiger charge is -2.29. The summed E-state index contributed by atoms with van der Waals surface area (Å²) in [5.74, 6) is 0. The molecule has 3 heterocycles. The number of pyridine rings is 1. The summed E-state index contributed by atoms with van der Waals surface area (Å²) in [5.41, 5.74) is 3.96. The largest absolute Gasteiger partial charge is 0.266 e. The van der Waals surface area contributed by atoms with Gasteiger partial charge in [-0.1, -0.05) is 55.6 Å². The van der Waals surface area contributed by atoms with Gasteiger partial charge in [-0.25, -0.2) is 0 Å². The first-order valence-electron chi connectivity index (χ1n) is 8.96.